The first kappa shape index (κ1) is 29.4. The highest BCUT2D eigenvalue weighted by Gasteiger charge is 2.45. The van der Waals surface area contributed by atoms with Gasteiger partial charge in [0, 0.05) is 31.3 Å². The number of fused-ring (bicyclic) bond motifs is 2. The van der Waals surface area contributed by atoms with E-state index in [0.29, 0.717) is 30.5 Å². The van der Waals surface area contributed by atoms with Crippen molar-refractivity contribution < 1.29 is 24.0 Å². The Morgan fingerprint density at radius 2 is 1.86 bits per heavy atom. The van der Waals surface area contributed by atoms with Crippen molar-refractivity contribution >= 4 is 46.7 Å². The number of aromatic nitrogens is 3. The van der Waals surface area contributed by atoms with E-state index < -0.39 is 29.7 Å². The molecule has 5 heterocycles. The maximum absolute atomic E-state index is 13.2. The molecule has 2 aromatic heterocycles. The predicted molar refractivity (Wildman–Crippen MR) is 161 cm³/mol. The number of hydrogen-bond acceptors (Lipinski definition) is 9. The van der Waals surface area contributed by atoms with E-state index in [1.807, 2.05) is 10.6 Å². The number of imide groups is 2. The van der Waals surface area contributed by atoms with Gasteiger partial charge < -0.3 is 15.0 Å². The fourth-order valence-corrected chi connectivity index (χ4v) is 6.28. The number of anilines is 2. The topological polar surface area (TPSA) is 158 Å². The monoisotopic (exact) mass is 600 g/mol. The van der Waals surface area contributed by atoms with Crippen molar-refractivity contribution in [1.29, 1.82) is 0 Å². The lowest BCUT2D eigenvalue weighted by Gasteiger charge is -2.27. The molecule has 3 aliphatic heterocycles. The number of piperidine rings is 1. The number of nitrogens with zero attached hydrogens (tertiary/aromatic N) is 5. The van der Waals surface area contributed by atoms with E-state index in [4.69, 9.17) is 4.98 Å². The van der Waals surface area contributed by atoms with Gasteiger partial charge in [-0.3, -0.25) is 39.1 Å². The summed E-state index contributed by atoms with van der Waals surface area (Å²) in [6.45, 7) is 1.65. The summed E-state index contributed by atoms with van der Waals surface area (Å²) in [5.41, 5.74) is 2.83. The highest BCUT2D eigenvalue weighted by Crippen LogP contribution is 2.33. The molecule has 2 atom stereocenters. The molecule has 0 radical (unpaired) electrons. The summed E-state index contributed by atoms with van der Waals surface area (Å²) in [6, 6.07) is 4.34. The van der Waals surface area contributed by atoms with Crippen LogP contribution in [0.2, 0.25) is 0 Å². The van der Waals surface area contributed by atoms with Gasteiger partial charge in [0.15, 0.2) is 5.65 Å². The van der Waals surface area contributed by atoms with Gasteiger partial charge in [0.2, 0.25) is 17.7 Å². The molecule has 0 aliphatic carbocycles. The number of carbonyl (C=O) groups excluding carboxylic acids is 5. The molecule has 3 aliphatic rings. The molecule has 1 unspecified atom stereocenters. The second kappa shape index (κ2) is 12.5. The molecule has 13 nitrogen and oxygen atoms in total. The second-order valence-corrected chi connectivity index (χ2v) is 11.7. The van der Waals surface area contributed by atoms with Crippen LogP contribution in [-0.4, -0.2) is 79.9 Å². The van der Waals surface area contributed by atoms with Crippen LogP contribution in [0.15, 0.2) is 36.8 Å². The third-order valence-corrected chi connectivity index (χ3v) is 8.60. The van der Waals surface area contributed by atoms with Crippen molar-refractivity contribution in [1.82, 2.24) is 29.5 Å². The number of carbonyl (C=O) groups is 5. The zero-order valence-corrected chi connectivity index (χ0v) is 24.7. The summed E-state index contributed by atoms with van der Waals surface area (Å²) < 4.78 is 1.91. The SMILES string of the molecule is CN1CCC[C@@H]1c1cn2cc(NC(=O)CCCCCCNc3cccc4c3C(=O)N(C3CCC(=O)NC3=O)C4=O)ncc2n1. The fraction of sp³-hybridized carbons (Fsp3) is 0.452. The van der Waals surface area contributed by atoms with Gasteiger partial charge in [0.05, 0.1) is 35.3 Å². The average Bonchev–Trinajstić information content (AvgIpc) is 3.68. The number of rotatable bonds is 11. The maximum atomic E-state index is 13.2. The van der Waals surface area contributed by atoms with Crippen molar-refractivity contribution in [3.05, 3.63) is 53.6 Å². The number of nitrogens with one attached hydrogen (secondary N) is 3. The molecule has 3 aromatic rings. The Kier molecular flexibility index (Phi) is 8.38. The van der Waals surface area contributed by atoms with Gasteiger partial charge in [0.25, 0.3) is 11.8 Å². The van der Waals surface area contributed by atoms with Gasteiger partial charge in [-0.1, -0.05) is 18.9 Å². The summed E-state index contributed by atoms with van der Waals surface area (Å²) >= 11 is 0. The molecule has 44 heavy (non-hydrogen) atoms. The van der Waals surface area contributed by atoms with Gasteiger partial charge in [-0.2, -0.15) is 0 Å². The predicted octanol–water partition coefficient (Wildman–Crippen LogP) is 2.90. The maximum Gasteiger partial charge on any atom is 0.264 e. The summed E-state index contributed by atoms with van der Waals surface area (Å²) in [6.07, 6.45) is 11.6. The normalized spacial score (nSPS) is 20.3. The molecule has 1 aromatic carbocycles. The van der Waals surface area contributed by atoms with Gasteiger partial charge in [-0.25, -0.2) is 9.97 Å². The summed E-state index contributed by atoms with van der Waals surface area (Å²) in [5, 5.41) is 8.35. The van der Waals surface area contributed by atoms with Crippen molar-refractivity contribution in [3.8, 4) is 0 Å². The lowest BCUT2D eigenvalue weighted by atomic mass is 10.0. The molecule has 0 spiro atoms. The third kappa shape index (κ3) is 5.91. The zero-order chi connectivity index (χ0) is 30.8. The minimum Gasteiger partial charge on any atom is -0.384 e. The quantitative estimate of drug-likeness (QED) is 0.222. The van der Waals surface area contributed by atoms with Crippen LogP contribution in [0.5, 0.6) is 0 Å². The number of hydrogen-bond donors (Lipinski definition) is 3. The fourth-order valence-electron chi connectivity index (χ4n) is 6.28. The number of amides is 5. The zero-order valence-electron chi connectivity index (χ0n) is 24.7. The summed E-state index contributed by atoms with van der Waals surface area (Å²) in [5.74, 6) is -1.68. The Hall–Kier alpha value is -4.65. The van der Waals surface area contributed by atoms with E-state index in [2.05, 4.69) is 32.9 Å². The summed E-state index contributed by atoms with van der Waals surface area (Å²) in [7, 11) is 2.11. The molecule has 0 bridgehead atoms. The van der Waals surface area contributed by atoms with Crippen LogP contribution >= 0.6 is 0 Å². The van der Waals surface area contributed by atoms with Gasteiger partial charge in [-0.15, -0.1) is 0 Å². The van der Waals surface area contributed by atoms with E-state index in [-0.39, 0.29) is 29.9 Å². The molecule has 2 saturated heterocycles. The molecule has 0 saturated carbocycles. The number of unbranched alkanes of at least 4 members (excludes halogenated alkanes) is 3. The summed E-state index contributed by atoms with van der Waals surface area (Å²) in [4.78, 5) is 74.9. The van der Waals surface area contributed by atoms with Crippen molar-refractivity contribution in [2.24, 2.45) is 0 Å². The number of likely N-dealkylation sites (tertiary alicyclic amines) is 1. The van der Waals surface area contributed by atoms with Crippen LogP contribution in [0.4, 0.5) is 11.5 Å². The first-order chi connectivity index (χ1) is 21.3. The molecular weight excluding hydrogens is 564 g/mol. The van der Waals surface area contributed by atoms with E-state index >= 15 is 0 Å². The van der Waals surface area contributed by atoms with Crippen molar-refractivity contribution in [2.45, 2.75) is 69.9 Å². The minimum atomic E-state index is -0.994. The third-order valence-electron chi connectivity index (χ3n) is 8.60. The first-order valence-electron chi connectivity index (χ1n) is 15.2. The van der Waals surface area contributed by atoms with Crippen LogP contribution in [0.1, 0.15) is 90.2 Å². The number of benzene rings is 1. The van der Waals surface area contributed by atoms with E-state index in [0.717, 1.165) is 61.3 Å². The van der Waals surface area contributed by atoms with Crippen LogP contribution in [0.25, 0.3) is 5.65 Å². The molecular formula is C31H36N8O5. The molecule has 5 amide bonds. The molecule has 2 fully saturated rings. The Morgan fingerprint density at radius 3 is 2.66 bits per heavy atom. The largest absolute Gasteiger partial charge is 0.384 e. The highest BCUT2D eigenvalue weighted by atomic mass is 16.2. The van der Waals surface area contributed by atoms with E-state index in [1.165, 1.54) is 0 Å². The van der Waals surface area contributed by atoms with Gasteiger partial charge in [0.1, 0.15) is 11.9 Å². The molecule has 6 rings (SSSR count). The molecule has 3 N–H and O–H groups in total. The Bertz CT molecular complexity index is 1630. The lowest BCUT2D eigenvalue weighted by Crippen LogP contribution is -2.54. The van der Waals surface area contributed by atoms with Crippen molar-refractivity contribution in [2.75, 3.05) is 30.8 Å². The van der Waals surface area contributed by atoms with Crippen LogP contribution in [0.3, 0.4) is 0 Å². The lowest BCUT2D eigenvalue weighted by molar-refractivity contribution is -0.136. The number of imidazole rings is 1. The average molecular weight is 601 g/mol. The first-order valence-corrected chi connectivity index (χ1v) is 15.2. The van der Waals surface area contributed by atoms with Gasteiger partial charge in [-0.05, 0) is 57.8 Å². The Balaban J connectivity index is 0.934. The molecule has 230 valence electrons. The standard InChI is InChI=1S/C31H36N8O5/c1-37-15-7-10-22(37)21-17-38-18-24(33-16-25(38)34-21)35-26(40)11-4-2-3-5-14-32-20-9-6-8-19-28(20)31(44)39(30(19)43)23-12-13-27(41)36-29(23)42/h6,8-9,16-18,22-23,32H,2-5,7,10-15H2,1H3,(H,35,40)(H,36,41,42)/t22-,23?/m1/s1. The van der Waals surface area contributed by atoms with Crippen LogP contribution in [-0.2, 0) is 14.4 Å². The van der Waals surface area contributed by atoms with Gasteiger partial charge >= 0.3 is 0 Å². The minimum absolute atomic E-state index is 0.0774. The highest BCUT2D eigenvalue weighted by molar-refractivity contribution is 6.25. The smallest absolute Gasteiger partial charge is 0.264 e. The van der Waals surface area contributed by atoms with E-state index in [1.54, 1.807) is 30.6 Å². The Labute approximate surface area is 254 Å². The van der Waals surface area contributed by atoms with E-state index in [9.17, 15) is 24.0 Å². The van der Waals surface area contributed by atoms with Crippen LogP contribution in [0, 0.1) is 0 Å². The Morgan fingerprint density at radius 1 is 1.02 bits per heavy atom. The molecule has 13 heteroatoms. The second-order valence-electron chi connectivity index (χ2n) is 11.7. The van der Waals surface area contributed by atoms with Crippen LogP contribution < -0.4 is 16.0 Å². The van der Waals surface area contributed by atoms with Crippen molar-refractivity contribution in [3.63, 3.8) is 0 Å².